The van der Waals surface area contributed by atoms with Gasteiger partial charge < -0.3 is 16.0 Å². The van der Waals surface area contributed by atoms with Crippen LogP contribution in [0.3, 0.4) is 0 Å². The fraction of sp³-hybridized carbons (Fsp3) is 0.368. The molecule has 0 bridgehead atoms. The van der Waals surface area contributed by atoms with Crippen molar-refractivity contribution in [3.8, 4) is 0 Å². The number of anilines is 3. The van der Waals surface area contributed by atoms with E-state index < -0.39 is 0 Å². The van der Waals surface area contributed by atoms with Crippen molar-refractivity contribution in [1.82, 2.24) is 5.32 Å². The van der Waals surface area contributed by atoms with E-state index in [1.54, 1.807) is 12.1 Å². The molecule has 1 saturated heterocycles. The Balaban J connectivity index is 0.00000109. The largest absolute Gasteiger partial charge is 0.383 e. The second-order valence-electron chi connectivity index (χ2n) is 6.06. The molecule has 1 aliphatic rings. The first-order valence-electron chi connectivity index (χ1n) is 8.55. The highest BCUT2D eigenvalue weighted by Crippen LogP contribution is 2.27. The first kappa shape index (κ1) is 19.3. The van der Waals surface area contributed by atoms with E-state index >= 15 is 0 Å². The molecule has 0 unspecified atom stereocenters. The topological polar surface area (TPSA) is 53.2 Å². The Bertz CT molecular complexity index is 650. The molecule has 1 aliphatic heterocycles. The number of halogens is 1. The molecule has 1 fully saturated rings. The molecular weight excluding hydrogens is 337 g/mol. The van der Waals surface area contributed by atoms with Gasteiger partial charge in [0.2, 0.25) is 0 Å². The summed E-state index contributed by atoms with van der Waals surface area (Å²) in [5.41, 5.74) is 2.42. The van der Waals surface area contributed by atoms with Gasteiger partial charge >= 0.3 is 0 Å². The number of benzene rings is 2. The first-order chi connectivity index (χ1) is 12.3. The van der Waals surface area contributed by atoms with E-state index in [1.165, 1.54) is 25.3 Å². The molecule has 0 aliphatic carbocycles. The predicted molar refractivity (Wildman–Crippen MR) is 103 cm³/mol. The second-order valence-corrected chi connectivity index (χ2v) is 6.06. The quantitative estimate of drug-likeness (QED) is 0.725. The number of nitrogens with one attached hydrogen (secondary N) is 3. The third kappa shape index (κ3) is 6.07. The van der Waals surface area contributed by atoms with Crippen LogP contribution >= 0.6 is 0 Å². The maximum Gasteiger partial charge on any atom is 0.197 e. The summed E-state index contributed by atoms with van der Waals surface area (Å²) in [6, 6.07) is 14.7. The summed E-state index contributed by atoms with van der Waals surface area (Å²) in [5, 5.41) is 10.1. The zero-order valence-electron chi connectivity index (χ0n) is 14.1. The summed E-state index contributed by atoms with van der Waals surface area (Å²) in [5.74, 6) is 0.562. The Hall–Kier alpha value is -2.05. The highest BCUT2D eigenvalue weighted by Gasteiger charge is 2.12. The average Bonchev–Trinajstić information content (AvgIpc) is 2.67. The molecule has 0 aromatic heterocycles. The Morgan fingerprint density at radius 1 is 0.960 bits per heavy atom. The summed E-state index contributed by atoms with van der Waals surface area (Å²) < 4.78 is 21.6. The van der Waals surface area contributed by atoms with Gasteiger partial charge in [0, 0.05) is 6.54 Å². The Kier molecular flexibility index (Phi) is 8.28. The van der Waals surface area contributed by atoms with Crippen LogP contribution in [0.4, 0.5) is 21.5 Å². The minimum atomic E-state index is -0.239. The van der Waals surface area contributed by atoms with Crippen molar-refractivity contribution in [2.24, 2.45) is 5.92 Å². The minimum Gasteiger partial charge on any atom is -0.383 e. The zero-order valence-corrected chi connectivity index (χ0v) is 14.9. The average molecular weight is 361 g/mol. The van der Waals surface area contributed by atoms with Crippen molar-refractivity contribution in [3.63, 3.8) is 0 Å². The lowest BCUT2D eigenvalue weighted by atomic mass is 9.95. The van der Waals surface area contributed by atoms with Gasteiger partial charge in [0.25, 0.3) is 0 Å². The monoisotopic (exact) mass is 361 g/mol. The summed E-state index contributed by atoms with van der Waals surface area (Å²) in [4.78, 5) is 0. The van der Waals surface area contributed by atoms with Gasteiger partial charge in [-0.25, -0.2) is 4.39 Å². The van der Waals surface area contributed by atoms with Gasteiger partial charge in [-0.2, -0.15) is 4.21 Å². The van der Waals surface area contributed by atoms with Gasteiger partial charge in [-0.3, -0.25) is 0 Å². The molecule has 134 valence electrons. The summed E-state index contributed by atoms with van der Waals surface area (Å²) in [7, 11) is 0. The van der Waals surface area contributed by atoms with Crippen molar-refractivity contribution in [2.75, 3.05) is 30.3 Å². The molecule has 2 aromatic carbocycles. The standard InChI is InChI=1S/C19H24FN3.OS/c20-16-5-1-2-6-17(16)23-19-8-4-3-7-18(19)22-14-11-15-9-12-21-13-10-15;1-2/h1-8,15,21-23H,9-14H2;. The lowest BCUT2D eigenvalue weighted by molar-refractivity contribution is 0.361. The van der Waals surface area contributed by atoms with E-state index in [0.717, 1.165) is 36.9 Å². The molecule has 1 heterocycles. The van der Waals surface area contributed by atoms with Crippen molar-refractivity contribution >= 4 is 29.6 Å². The molecule has 25 heavy (non-hydrogen) atoms. The van der Waals surface area contributed by atoms with E-state index in [1.807, 2.05) is 30.3 Å². The molecule has 0 atom stereocenters. The molecule has 0 spiro atoms. The van der Waals surface area contributed by atoms with Crippen molar-refractivity contribution in [3.05, 3.63) is 54.3 Å². The van der Waals surface area contributed by atoms with Gasteiger partial charge in [-0.1, -0.05) is 24.3 Å². The maximum absolute atomic E-state index is 13.8. The molecule has 3 N–H and O–H groups in total. The molecule has 6 heteroatoms. The van der Waals surface area contributed by atoms with Crippen LogP contribution in [0.25, 0.3) is 0 Å². The SMILES string of the molecule is Fc1ccccc1Nc1ccccc1NCCC1CCNCC1.O=S. The van der Waals surface area contributed by atoms with Gasteiger partial charge in [0.1, 0.15) is 5.82 Å². The minimum absolute atomic E-state index is 0.239. The predicted octanol–water partition coefficient (Wildman–Crippen LogP) is 4.03. The van der Waals surface area contributed by atoms with Crippen LogP contribution in [-0.2, 0) is 12.5 Å². The summed E-state index contributed by atoms with van der Waals surface area (Å²) >= 11 is 2.83. The van der Waals surface area contributed by atoms with Crippen LogP contribution < -0.4 is 16.0 Å². The number of para-hydroxylation sites is 3. The van der Waals surface area contributed by atoms with Crippen molar-refractivity contribution in [2.45, 2.75) is 19.3 Å². The van der Waals surface area contributed by atoms with Gasteiger partial charge in [-0.05, 0) is 62.5 Å². The van der Waals surface area contributed by atoms with Crippen LogP contribution in [0.2, 0.25) is 0 Å². The van der Waals surface area contributed by atoms with Crippen LogP contribution in [0.1, 0.15) is 19.3 Å². The highest BCUT2D eigenvalue weighted by molar-refractivity contribution is 7.44. The smallest absolute Gasteiger partial charge is 0.197 e. The molecule has 0 amide bonds. The Labute approximate surface area is 153 Å². The van der Waals surface area contributed by atoms with Crippen molar-refractivity contribution in [1.29, 1.82) is 0 Å². The maximum atomic E-state index is 13.8. The van der Waals surface area contributed by atoms with Crippen LogP contribution in [0.15, 0.2) is 48.5 Å². The third-order valence-corrected chi connectivity index (χ3v) is 4.40. The fourth-order valence-electron chi connectivity index (χ4n) is 3.04. The van der Waals surface area contributed by atoms with E-state index in [0.29, 0.717) is 5.69 Å². The highest BCUT2D eigenvalue weighted by atomic mass is 32.1. The Morgan fingerprint density at radius 2 is 1.56 bits per heavy atom. The first-order valence-corrected chi connectivity index (χ1v) is 8.88. The zero-order chi connectivity index (χ0) is 17.9. The summed E-state index contributed by atoms with van der Waals surface area (Å²) in [6.07, 6.45) is 3.70. The van der Waals surface area contributed by atoms with Gasteiger partial charge in [0.05, 0.1) is 17.1 Å². The normalized spacial score (nSPS) is 14.3. The molecule has 2 aromatic rings. The number of hydrogen-bond donors (Lipinski definition) is 3. The number of hydrogen-bond acceptors (Lipinski definition) is 5. The van der Waals surface area contributed by atoms with Crippen LogP contribution in [0.5, 0.6) is 0 Å². The third-order valence-electron chi connectivity index (χ3n) is 4.40. The van der Waals surface area contributed by atoms with Crippen LogP contribution in [-0.4, -0.2) is 23.8 Å². The molecule has 0 radical (unpaired) electrons. The van der Waals surface area contributed by atoms with Gasteiger partial charge in [-0.15, -0.1) is 0 Å². The lowest BCUT2D eigenvalue weighted by Crippen LogP contribution is -2.28. The molecule has 4 nitrogen and oxygen atoms in total. The lowest BCUT2D eigenvalue weighted by Gasteiger charge is -2.23. The molecular formula is C19H24FN3OS. The van der Waals surface area contributed by atoms with E-state index in [9.17, 15) is 4.39 Å². The Morgan fingerprint density at radius 3 is 2.24 bits per heavy atom. The number of piperidine rings is 1. The fourth-order valence-corrected chi connectivity index (χ4v) is 3.04. The van der Waals surface area contributed by atoms with E-state index in [4.69, 9.17) is 4.21 Å². The molecule has 0 saturated carbocycles. The van der Waals surface area contributed by atoms with Crippen LogP contribution in [0, 0.1) is 11.7 Å². The summed E-state index contributed by atoms with van der Waals surface area (Å²) in [6.45, 7) is 3.22. The molecule has 3 rings (SSSR count). The van der Waals surface area contributed by atoms with E-state index in [2.05, 4.69) is 28.5 Å². The van der Waals surface area contributed by atoms with E-state index in [-0.39, 0.29) is 5.82 Å². The van der Waals surface area contributed by atoms with Gasteiger partial charge in [0.15, 0.2) is 12.5 Å². The number of rotatable bonds is 6. The second kappa shape index (κ2) is 10.7. The van der Waals surface area contributed by atoms with Crippen molar-refractivity contribution < 1.29 is 8.60 Å².